The number of carbonyl (C=O) groups excluding carboxylic acids is 3. The van der Waals surface area contributed by atoms with Crippen LogP contribution >= 0.6 is 0 Å². The summed E-state index contributed by atoms with van der Waals surface area (Å²) in [5, 5.41) is 5.52. The van der Waals surface area contributed by atoms with Crippen LogP contribution in [0.5, 0.6) is 0 Å². The van der Waals surface area contributed by atoms with E-state index in [0.717, 1.165) is 25.7 Å². The molecule has 156 valence electrons. The number of nitrogens with one attached hydrogen (secondary N) is 2. The predicted octanol–water partition coefficient (Wildman–Crippen LogP) is 2.07. The van der Waals surface area contributed by atoms with Gasteiger partial charge in [-0.3, -0.25) is 14.4 Å². The van der Waals surface area contributed by atoms with E-state index in [1.54, 1.807) is 6.92 Å². The first-order valence-corrected chi connectivity index (χ1v) is 10.1. The minimum Gasteiger partial charge on any atom is -0.448 e. The van der Waals surface area contributed by atoms with Crippen molar-refractivity contribution in [2.75, 3.05) is 0 Å². The first-order valence-electron chi connectivity index (χ1n) is 10.1. The van der Waals surface area contributed by atoms with E-state index in [4.69, 9.17) is 10.2 Å². The third-order valence-corrected chi connectivity index (χ3v) is 5.58. The van der Waals surface area contributed by atoms with Crippen molar-refractivity contribution in [2.24, 2.45) is 17.6 Å². The molecule has 8 heteroatoms. The van der Waals surface area contributed by atoms with Crippen LogP contribution in [0.1, 0.15) is 75.2 Å². The van der Waals surface area contributed by atoms with Gasteiger partial charge in [0.15, 0.2) is 11.6 Å². The molecule has 3 amide bonds. The molecule has 1 aliphatic rings. The van der Waals surface area contributed by atoms with E-state index < -0.39 is 23.9 Å². The van der Waals surface area contributed by atoms with Crippen LogP contribution in [-0.2, 0) is 9.59 Å². The third-order valence-electron chi connectivity index (χ3n) is 5.58. The van der Waals surface area contributed by atoms with E-state index in [9.17, 15) is 14.4 Å². The van der Waals surface area contributed by atoms with E-state index >= 15 is 0 Å². The van der Waals surface area contributed by atoms with Gasteiger partial charge in [0, 0.05) is 6.92 Å². The normalized spacial score (nSPS) is 18.1. The average Bonchev–Trinajstić information content (AvgIpc) is 3.11. The minimum absolute atomic E-state index is 0.0920. The molecule has 0 spiro atoms. The Labute approximate surface area is 166 Å². The van der Waals surface area contributed by atoms with Crippen molar-refractivity contribution in [1.29, 1.82) is 0 Å². The first-order chi connectivity index (χ1) is 13.3. The van der Waals surface area contributed by atoms with Crippen molar-refractivity contribution in [1.82, 2.24) is 15.6 Å². The molecule has 0 unspecified atom stereocenters. The van der Waals surface area contributed by atoms with Gasteiger partial charge in [-0.05, 0) is 18.3 Å². The van der Waals surface area contributed by atoms with Crippen molar-refractivity contribution in [3.8, 4) is 0 Å². The van der Waals surface area contributed by atoms with Gasteiger partial charge >= 0.3 is 0 Å². The number of aromatic nitrogens is 1. The maximum atomic E-state index is 12.9. The first kappa shape index (κ1) is 21.9. The smallest absolute Gasteiger partial charge is 0.273 e. The molecule has 1 saturated carbocycles. The molecule has 1 aromatic rings. The maximum absolute atomic E-state index is 12.9. The van der Waals surface area contributed by atoms with Gasteiger partial charge in [-0.25, -0.2) is 4.98 Å². The number of nitrogens with zero attached hydrogens (tertiary/aromatic N) is 1. The Morgan fingerprint density at radius 1 is 1.25 bits per heavy atom. The van der Waals surface area contributed by atoms with E-state index in [0.29, 0.717) is 24.7 Å². The topological polar surface area (TPSA) is 127 Å². The lowest BCUT2D eigenvalue weighted by Crippen LogP contribution is -2.55. The molecule has 1 aliphatic carbocycles. The Bertz CT molecular complexity index is 682. The monoisotopic (exact) mass is 392 g/mol. The van der Waals surface area contributed by atoms with Crippen molar-refractivity contribution < 1.29 is 18.8 Å². The van der Waals surface area contributed by atoms with Crippen LogP contribution < -0.4 is 16.4 Å². The number of hydrogen-bond donors (Lipinski definition) is 3. The lowest BCUT2D eigenvalue weighted by atomic mass is 9.84. The lowest BCUT2D eigenvalue weighted by Gasteiger charge is -2.28. The fraction of sp³-hybridized carbons (Fsp3) is 0.700. The lowest BCUT2D eigenvalue weighted by molar-refractivity contribution is -0.129. The standard InChI is InChI=1S/C20H32N4O4/c1-4-12(2)17(18(21)25)24-19(26)15(10-14-8-6-5-7-9-14)23-20(27)16-11-28-13(3)22-16/h11-12,14-15,17H,4-10H2,1-3H3,(H2,21,25)(H,23,27)(H,24,26)/t12-,15-,17-/m0/s1. The zero-order chi connectivity index (χ0) is 20.7. The number of oxazole rings is 1. The zero-order valence-corrected chi connectivity index (χ0v) is 17.0. The molecule has 2 rings (SSSR count). The second-order valence-corrected chi connectivity index (χ2v) is 7.79. The number of hydrogen-bond acceptors (Lipinski definition) is 5. The van der Waals surface area contributed by atoms with Gasteiger partial charge < -0.3 is 20.8 Å². The van der Waals surface area contributed by atoms with Gasteiger partial charge in [0.2, 0.25) is 11.8 Å². The summed E-state index contributed by atoms with van der Waals surface area (Å²) < 4.78 is 5.09. The number of carbonyl (C=O) groups is 3. The number of aryl methyl sites for hydroxylation is 1. The fourth-order valence-corrected chi connectivity index (χ4v) is 3.67. The molecular weight excluding hydrogens is 360 g/mol. The SMILES string of the molecule is CC[C@H](C)[C@H](NC(=O)[C@H](CC1CCCCC1)NC(=O)c1coc(C)n1)C(N)=O. The molecule has 0 saturated heterocycles. The highest BCUT2D eigenvalue weighted by atomic mass is 16.3. The second kappa shape index (κ2) is 10.2. The van der Waals surface area contributed by atoms with Crippen LogP contribution in [0.4, 0.5) is 0 Å². The van der Waals surface area contributed by atoms with Crippen molar-refractivity contribution in [2.45, 2.75) is 77.8 Å². The second-order valence-electron chi connectivity index (χ2n) is 7.79. The highest BCUT2D eigenvalue weighted by molar-refractivity contribution is 5.97. The van der Waals surface area contributed by atoms with Crippen LogP contribution in [0.15, 0.2) is 10.7 Å². The summed E-state index contributed by atoms with van der Waals surface area (Å²) in [5.41, 5.74) is 5.61. The quantitative estimate of drug-likeness (QED) is 0.593. The molecule has 28 heavy (non-hydrogen) atoms. The third kappa shape index (κ3) is 6.07. The van der Waals surface area contributed by atoms with Gasteiger partial charge in [-0.2, -0.15) is 0 Å². The highest BCUT2D eigenvalue weighted by Gasteiger charge is 2.31. The summed E-state index contributed by atoms with van der Waals surface area (Å²) >= 11 is 0. The molecule has 0 bridgehead atoms. The highest BCUT2D eigenvalue weighted by Crippen LogP contribution is 2.27. The number of rotatable bonds is 9. The van der Waals surface area contributed by atoms with Gasteiger partial charge in [0.25, 0.3) is 5.91 Å². The van der Waals surface area contributed by atoms with Crippen LogP contribution in [0, 0.1) is 18.8 Å². The van der Waals surface area contributed by atoms with Gasteiger partial charge in [-0.1, -0.05) is 52.4 Å². The Morgan fingerprint density at radius 3 is 2.46 bits per heavy atom. The molecular formula is C20H32N4O4. The molecule has 1 aromatic heterocycles. The van der Waals surface area contributed by atoms with Crippen LogP contribution in [0.2, 0.25) is 0 Å². The molecule has 0 aliphatic heterocycles. The summed E-state index contributed by atoms with van der Waals surface area (Å²) in [4.78, 5) is 41.3. The summed E-state index contributed by atoms with van der Waals surface area (Å²) in [5.74, 6) is -0.776. The molecule has 3 atom stereocenters. The molecule has 8 nitrogen and oxygen atoms in total. The molecule has 1 heterocycles. The molecule has 1 fully saturated rings. The Morgan fingerprint density at radius 2 is 1.93 bits per heavy atom. The maximum Gasteiger partial charge on any atom is 0.273 e. The number of amides is 3. The summed E-state index contributed by atoms with van der Waals surface area (Å²) in [6.45, 7) is 5.44. The van der Waals surface area contributed by atoms with Crippen molar-refractivity contribution in [3.05, 3.63) is 17.8 Å². The summed E-state index contributed by atoms with van der Waals surface area (Å²) in [6.07, 6.45) is 8.03. The Balaban J connectivity index is 2.12. The van der Waals surface area contributed by atoms with E-state index in [2.05, 4.69) is 15.6 Å². The van der Waals surface area contributed by atoms with Crippen molar-refractivity contribution in [3.63, 3.8) is 0 Å². The minimum atomic E-state index is -0.766. The van der Waals surface area contributed by atoms with Gasteiger partial charge in [0.1, 0.15) is 18.3 Å². The molecule has 0 radical (unpaired) electrons. The van der Waals surface area contributed by atoms with E-state index in [1.165, 1.54) is 12.7 Å². The Kier molecular flexibility index (Phi) is 8.02. The van der Waals surface area contributed by atoms with Crippen molar-refractivity contribution >= 4 is 17.7 Å². The fourth-order valence-electron chi connectivity index (χ4n) is 3.67. The molecule has 4 N–H and O–H groups in total. The van der Waals surface area contributed by atoms with Gasteiger partial charge in [-0.15, -0.1) is 0 Å². The van der Waals surface area contributed by atoms with Gasteiger partial charge in [0.05, 0.1) is 0 Å². The summed E-state index contributed by atoms with van der Waals surface area (Å²) in [6, 6.07) is -1.52. The number of nitrogens with two attached hydrogens (primary N) is 1. The van der Waals surface area contributed by atoms with Crippen LogP contribution in [0.25, 0.3) is 0 Å². The van der Waals surface area contributed by atoms with Crippen LogP contribution in [0.3, 0.4) is 0 Å². The van der Waals surface area contributed by atoms with E-state index in [-0.39, 0.29) is 17.5 Å². The average molecular weight is 393 g/mol. The zero-order valence-electron chi connectivity index (χ0n) is 17.0. The Hall–Kier alpha value is -2.38. The molecule has 0 aromatic carbocycles. The number of primary amides is 1. The largest absolute Gasteiger partial charge is 0.448 e. The van der Waals surface area contributed by atoms with Crippen LogP contribution in [-0.4, -0.2) is 34.8 Å². The summed E-state index contributed by atoms with van der Waals surface area (Å²) in [7, 11) is 0. The predicted molar refractivity (Wildman–Crippen MR) is 104 cm³/mol. The van der Waals surface area contributed by atoms with E-state index in [1.807, 2.05) is 13.8 Å².